The summed E-state index contributed by atoms with van der Waals surface area (Å²) in [7, 11) is 0. The number of amides is 2. The summed E-state index contributed by atoms with van der Waals surface area (Å²) >= 11 is 0. The number of hydrogen-bond acceptors (Lipinski definition) is 6. The van der Waals surface area contributed by atoms with Gasteiger partial charge in [-0.2, -0.15) is 0 Å². The molecule has 8 nitrogen and oxygen atoms in total. The third-order valence-corrected chi connectivity index (χ3v) is 6.08. The SMILES string of the molecule is CC(C)CN1CCOC(CNC(=O)c2ccc(C(=O)NCC3CN(CC(C)C)CCO3)cc2)C1. The second-order valence-corrected chi connectivity index (χ2v) is 10.3. The van der Waals surface area contributed by atoms with Gasteiger partial charge in [0.2, 0.25) is 0 Å². The lowest BCUT2D eigenvalue weighted by atomic mass is 10.1. The largest absolute Gasteiger partial charge is 0.374 e. The van der Waals surface area contributed by atoms with Crippen LogP contribution in [0.3, 0.4) is 0 Å². The van der Waals surface area contributed by atoms with E-state index in [1.54, 1.807) is 24.3 Å². The number of rotatable bonds is 10. The highest BCUT2D eigenvalue weighted by molar-refractivity contribution is 5.97. The Hall–Kier alpha value is -2.00. The van der Waals surface area contributed by atoms with Crippen LogP contribution in [0.4, 0.5) is 0 Å². The van der Waals surface area contributed by atoms with Crippen LogP contribution in [0.25, 0.3) is 0 Å². The fraction of sp³-hybridized carbons (Fsp3) is 0.692. The van der Waals surface area contributed by atoms with Gasteiger partial charge in [0.1, 0.15) is 0 Å². The molecule has 190 valence electrons. The number of morpholine rings is 2. The number of nitrogens with zero attached hydrogens (tertiary/aromatic N) is 2. The summed E-state index contributed by atoms with van der Waals surface area (Å²) in [5.41, 5.74) is 1.07. The second kappa shape index (κ2) is 13.2. The molecule has 2 N–H and O–H groups in total. The highest BCUT2D eigenvalue weighted by Crippen LogP contribution is 2.10. The standard InChI is InChI=1S/C26H42N4O4/c1-19(2)15-29-9-11-33-23(17-29)13-27-25(31)21-5-7-22(8-6-21)26(32)28-14-24-18-30(10-12-34-24)16-20(3)4/h5-8,19-20,23-24H,9-18H2,1-4H3,(H,27,31)(H,28,32). The molecule has 2 aliphatic rings. The molecule has 1 aromatic rings. The summed E-state index contributed by atoms with van der Waals surface area (Å²) in [6, 6.07) is 6.77. The van der Waals surface area contributed by atoms with Crippen molar-refractivity contribution in [1.29, 1.82) is 0 Å². The van der Waals surface area contributed by atoms with Gasteiger partial charge < -0.3 is 20.1 Å². The normalized spacial score (nSPS) is 22.2. The average molecular weight is 475 g/mol. The minimum atomic E-state index is -0.155. The van der Waals surface area contributed by atoms with Crippen molar-refractivity contribution >= 4 is 11.8 Å². The van der Waals surface area contributed by atoms with Gasteiger partial charge in [-0.1, -0.05) is 27.7 Å². The van der Waals surface area contributed by atoms with Crippen molar-refractivity contribution in [3.8, 4) is 0 Å². The molecule has 0 saturated carbocycles. The summed E-state index contributed by atoms with van der Waals surface area (Å²) in [6.07, 6.45) is -0.0000566. The minimum absolute atomic E-state index is 0.0000283. The molecule has 0 aliphatic carbocycles. The molecule has 3 rings (SSSR count). The van der Waals surface area contributed by atoms with Crippen LogP contribution in [0.15, 0.2) is 24.3 Å². The molecule has 0 aromatic heterocycles. The predicted octanol–water partition coefficient (Wildman–Crippen LogP) is 1.86. The summed E-state index contributed by atoms with van der Waals surface area (Å²) in [5.74, 6) is 0.910. The number of nitrogens with one attached hydrogen (secondary N) is 2. The minimum Gasteiger partial charge on any atom is -0.374 e. The maximum absolute atomic E-state index is 12.6. The zero-order chi connectivity index (χ0) is 24.5. The third-order valence-electron chi connectivity index (χ3n) is 6.08. The van der Waals surface area contributed by atoms with E-state index in [2.05, 4.69) is 48.1 Å². The molecule has 1 aromatic carbocycles. The van der Waals surface area contributed by atoms with Crippen molar-refractivity contribution < 1.29 is 19.1 Å². The van der Waals surface area contributed by atoms with Gasteiger partial charge >= 0.3 is 0 Å². The summed E-state index contributed by atoms with van der Waals surface area (Å²) in [6.45, 7) is 16.8. The van der Waals surface area contributed by atoms with E-state index in [9.17, 15) is 9.59 Å². The van der Waals surface area contributed by atoms with Gasteiger partial charge in [0, 0.05) is 63.5 Å². The fourth-order valence-corrected chi connectivity index (χ4v) is 4.56. The van der Waals surface area contributed by atoms with Gasteiger partial charge in [-0.15, -0.1) is 0 Å². The van der Waals surface area contributed by atoms with Crippen LogP contribution in [0, 0.1) is 11.8 Å². The van der Waals surface area contributed by atoms with Crippen molar-refractivity contribution in [1.82, 2.24) is 20.4 Å². The number of hydrogen-bond donors (Lipinski definition) is 2. The van der Waals surface area contributed by atoms with Crippen molar-refractivity contribution in [3.05, 3.63) is 35.4 Å². The lowest BCUT2D eigenvalue weighted by Gasteiger charge is -2.34. The van der Waals surface area contributed by atoms with Crippen molar-refractivity contribution in [2.24, 2.45) is 11.8 Å². The van der Waals surface area contributed by atoms with Gasteiger partial charge in [-0.25, -0.2) is 0 Å². The Kier molecular flexibility index (Phi) is 10.3. The molecule has 2 atom stereocenters. The lowest BCUT2D eigenvalue weighted by molar-refractivity contribution is -0.0296. The molecule has 2 saturated heterocycles. The first-order valence-corrected chi connectivity index (χ1v) is 12.6. The van der Waals surface area contributed by atoms with Crippen molar-refractivity contribution in [2.45, 2.75) is 39.9 Å². The van der Waals surface area contributed by atoms with Crippen LogP contribution < -0.4 is 10.6 Å². The Morgan fingerprint density at radius 3 is 1.53 bits per heavy atom. The monoisotopic (exact) mass is 474 g/mol. The van der Waals surface area contributed by atoms with Crippen molar-refractivity contribution in [2.75, 3.05) is 65.6 Å². The van der Waals surface area contributed by atoms with Gasteiger partial charge in [-0.3, -0.25) is 19.4 Å². The van der Waals surface area contributed by atoms with Crippen LogP contribution in [0.2, 0.25) is 0 Å². The van der Waals surface area contributed by atoms with E-state index in [1.165, 1.54) is 0 Å². The first-order chi connectivity index (χ1) is 16.3. The molecule has 2 heterocycles. The van der Waals surface area contributed by atoms with Gasteiger partial charge in [0.15, 0.2) is 0 Å². The topological polar surface area (TPSA) is 83.1 Å². The Morgan fingerprint density at radius 2 is 1.18 bits per heavy atom. The van der Waals surface area contributed by atoms with E-state index in [-0.39, 0.29) is 24.0 Å². The van der Waals surface area contributed by atoms with Crippen LogP contribution in [-0.2, 0) is 9.47 Å². The zero-order valence-corrected chi connectivity index (χ0v) is 21.2. The molecule has 2 fully saturated rings. The van der Waals surface area contributed by atoms with E-state index >= 15 is 0 Å². The smallest absolute Gasteiger partial charge is 0.251 e. The highest BCUT2D eigenvalue weighted by Gasteiger charge is 2.23. The van der Waals surface area contributed by atoms with Gasteiger partial charge in [-0.05, 0) is 36.1 Å². The van der Waals surface area contributed by atoms with E-state index in [1.807, 2.05) is 0 Å². The van der Waals surface area contributed by atoms with E-state index in [4.69, 9.17) is 9.47 Å². The van der Waals surface area contributed by atoms with Gasteiger partial charge in [0.05, 0.1) is 25.4 Å². The van der Waals surface area contributed by atoms with Crippen molar-refractivity contribution in [3.63, 3.8) is 0 Å². The zero-order valence-electron chi connectivity index (χ0n) is 21.2. The van der Waals surface area contributed by atoms with E-state index in [0.717, 1.165) is 39.3 Å². The Bertz CT molecular complexity index is 719. The summed E-state index contributed by atoms with van der Waals surface area (Å²) in [4.78, 5) is 29.9. The molecular weight excluding hydrogens is 432 g/mol. The van der Waals surface area contributed by atoms with E-state index in [0.29, 0.717) is 49.3 Å². The number of ether oxygens (including phenoxy) is 2. The Labute approximate surface area is 204 Å². The lowest BCUT2D eigenvalue weighted by Crippen LogP contribution is -2.48. The number of benzene rings is 1. The molecular formula is C26H42N4O4. The quantitative estimate of drug-likeness (QED) is 0.539. The average Bonchev–Trinajstić information content (AvgIpc) is 2.81. The molecule has 0 radical (unpaired) electrons. The maximum Gasteiger partial charge on any atom is 0.251 e. The predicted molar refractivity (Wildman–Crippen MR) is 133 cm³/mol. The first-order valence-electron chi connectivity index (χ1n) is 12.6. The fourth-order valence-electron chi connectivity index (χ4n) is 4.56. The van der Waals surface area contributed by atoms with Crippen LogP contribution in [0.5, 0.6) is 0 Å². The Balaban J connectivity index is 1.41. The molecule has 2 amide bonds. The first kappa shape index (κ1) is 26.6. The van der Waals surface area contributed by atoms with Gasteiger partial charge in [0.25, 0.3) is 11.8 Å². The summed E-state index contributed by atoms with van der Waals surface area (Å²) in [5, 5.41) is 5.93. The van der Waals surface area contributed by atoms with E-state index < -0.39 is 0 Å². The third kappa shape index (κ3) is 8.65. The molecule has 8 heteroatoms. The van der Waals surface area contributed by atoms with Crippen LogP contribution >= 0.6 is 0 Å². The number of carbonyl (C=O) groups excluding carboxylic acids is 2. The summed E-state index contributed by atoms with van der Waals surface area (Å²) < 4.78 is 11.6. The molecule has 0 spiro atoms. The Morgan fingerprint density at radius 1 is 0.794 bits per heavy atom. The van der Waals surface area contributed by atoms with Crippen LogP contribution in [-0.4, -0.2) is 99.4 Å². The molecule has 0 bridgehead atoms. The van der Waals surface area contributed by atoms with Crippen LogP contribution in [0.1, 0.15) is 48.4 Å². The maximum atomic E-state index is 12.6. The molecule has 2 unspecified atom stereocenters. The second-order valence-electron chi connectivity index (χ2n) is 10.3. The molecule has 34 heavy (non-hydrogen) atoms. The highest BCUT2D eigenvalue weighted by atomic mass is 16.5. The number of carbonyl (C=O) groups is 2. The molecule has 2 aliphatic heterocycles.